The predicted octanol–water partition coefficient (Wildman–Crippen LogP) is 5.51. The second-order valence-corrected chi connectivity index (χ2v) is 8.86. The Labute approximate surface area is 183 Å². The number of nitrogens with one attached hydrogen (secondary N) is 1. The van der Waals surface area contributed by atoms with E-state index in [1.54, 1.807) is 12.1 Å². The van der Waals surface area contributed by atoms with Gasteiger partial charge in [-0.3, -0.25) is 9.00 Å². The van der Waals surface area contributed by atoms with Crippen LogP contribution in [0.1, 0.15) is 35.3 Å². The molecule has 1 atom stereocenters. The third-order valence-corrected chi connectivity index (χ3v) is 6.22. The summed E-state index contributed by atoms with van der Waals surface area (Å²) < 4.78 is 26.1. The Morgan fingerprint density at radius 2 is 1.73 bits per heavy atom. The van der Waals surface area contributed by atoms with Crippen molar-refractivity contribution >= 4 is 34.3 Å². The van der Waals surface area contributed by atoms with Gasteiger partial charge in [-0.2, -0.15) is 0 Å². The van der Waals surface area contributed by atoms with E-state index in [-0.39, 0.29) is 5.78 Å². The number of hydrogen-bond acceptors (Lipinski definition) is 3. The number of hydrogen-bond donors (Lipinski definition) is 1. The lowest BCUT2D eigenvalue weighted by Gasteiger charge is -2.11. The Morgan fingerprint density at radius 1 is 1.13 bits per heavy atom. The molecule has 0 amide bonds. The molecular weight excluding hydrogens is 420 g/mol. The van der Waals surface area contributed by atoms with Crippen LogP contribution in [0.15, 0.2) is 48.5 Å². The van der Waals surface area contributed by atoms with E-state index in [9.17, 15) is 13.6 Å². The summed E-state index contributed by atoms with van der Waals surface area (Å²) in [7, 11) is 1.93. The maximum Gasteiger partial charge on any atom is 0.180 e. The van der Waals surface area contributed by atoms with Crippen LogP contribution in [-0.4, -0.2) is 19.1 Å². The molecule has 0 spiro atoms. The van der Waals surface area contributed by atoms with Crippen LogP contribution >= 0.6 is 11.6 Å². The number of nitrogens with zero attached hydrogens (tertiary/aromatic N) is 1. The number of ketones is 1. The monoisotopic (exact) mass is 441 g/mol. The van der Waals surface area contributed by atoms with Gasteiger partial charge >= 0.3 is 0 Å². The number of carbonyl (C=O) groups excluding carboxylic acids is 1. The third-order valence-electron chi connectivity index (χ3n) is 5.57. The summed E-state index contributed by atoms with van der Waals surface area (Å²) in [5, 5.41) is 0.662. The first-order valence-corrected chi connectivity index (χ1v) is 11.2. The van der Waals surface area contributed by atoms with Crippen molar-refractivity contribution in [2.24, 2.45) is 13.0 Å². The van der Waals surface area contributed by atoms with E-state index in [4.69, 9.17) is 11.6 Å². The van der Waals surface area contributed by atoms with Crippen molar-refractivity contribution in [1.29, 1.82) is 0 Å². The molecular formula is C23H22ClN2O3S-. The highest BCUT2D eigenvalue weighted by Crippen LogP contribution is 2.40. The Morgan fingerprint density at radius 3 is 2.30 bits per heavy atom. The zero-order valence-corrected chi connectivity index (χ0v) is 18.3. The molecule has 1 unspecified atom stereocenters. The molecule has 0 radical (unpaired) electrons. The topological polar surface area (TPSA) is 74.2 Å². The second kappa shape index (κ2) is 8.38. The van der Waals surface area contributed by atoms with Crippen molar-refractivity contribution in [1.82, 2.24) is 4.57 Å². The molecule has 7 heteroatoms. The van der Waals surface area contributed by atoms with Crippen LogP contribution in [0.4, 0.5) is 5.69 Å². The average molecular weight is 442 g/mol. The van der Waals surface area contributed by atoms with Gasteiger partial charge in [-0.15, -0.1) is 0 Å². The van der Waals surface area contributed by atoms with Crippen LogP contribution < -0.4 is 4.72 Å². The van der Waals surface area contributed by atoms with Crippen molar-refractivity contribution in [3.63, 3.8) is 0 Å². The van der Waals surface area contributed by atoms with Gasteiger partial charge in [-0.05, 0) is 66.6 Å². The van der Waals surface area contributed by atoms with Crippen molar-refractivity contribution in [3.05, 3.63) is 64.8 Å². The van der Waals surface area contributed by atoms with Crippen LogP contribution in [0.2, 0.25) is 5.02 Å². The molecule has 1 aliphatic rings. The Balaban J connectivity index is 1.84. The normalized spacial score (nSPS) is 14.5. The number of benzene rings is 2. The molecule has 1 aliphatic carbocycles. The first-order chi connectivity index (χ1) is 14.3. The van der Waals surface area contributed by atoms with Gasteiger partial charge in [0.1, 0.15) is 0 Å². The SMILES string of the molecule is Cc1c(-c2ccc(NS(=O)[O-])cc2)c(C(=O)CC2CC2)n(C)c1-c1ccc(Cl)cc1. The summed E-state index contributed by atoms with van der Waals surface area (Å²) in [6.07, 6.45) is 2.78. The summed E-state index contributed by atoms with van der Waals surface area (Å²) in [4.78, 5) is 13.2. The number of aromatic nitrogens is 1. The fourth-order valence-electron chi connectivity index (χ4n) is 4.01. The summed E-state index contributed by atoms with van der Waals surface area (Å²) in [5.41, 5.74) is 5.91. The van der Waals surface area contributed by atoms with E-state index in [1.807, 2.05) is 54.9 Å². The molecule has 1 aromatic heterocycles. The Kier molecular flexibility index (Phi) is 5.82. The lowest BCUT2D eigenvalue weighted by Crippen LogP contribution is -2.09. The second-order valence-electron chi connectivity index (χ2n) is 7.75. The highest BCUT2D eigenvalue weighted by molar-refractivity contribution is 7.80. The van der Waals surface area contributed by atoms with Crippen molar-refractivity contribution in [3.8, 4) is 22.4 Å². The number of carbonyl (C=O) groups is 1. The van der Waals surface area contributed by atoms with E-state index >= 15 is 0 Å². The molecule has 1 N–H and O–H groups in total. The predicted molar refractivity (Wildman–Crippen MR) is 120 cm³/mol. The fourth-order valence-corrected chi connectivity index (χ4v) is 4.46. The van der Waals surface area contributed by atoms with Crippen LogP contribution in [0.25, 0.3) is 22.4 Å². The summed E-state index contributed by atoms with van der Waals surface area (Å²) in [5.74, 6) is 0.624. The molecule has 2 aromatic carbocycles. The molecule has 0 saturated heterocycles. The van der Waals surface area contributed by atoms with Crippen LogP contribution in [0, 0.1) is 12.8 Å². The minimum absolute atomic E-state index is 0.140. The molecule has 5 nitrogen and oxygen atoms in total. The van der Waals surface area contributed by atoms with Gasteiger partial charge < -0.3 is 13.8 Å². The van der Waals surface area contributed by atoms with Gasteiger partial charge in [-0.25, -0.2) is 0 Å². The van der Waals surface area contributed by atoms with E-state index in [2.05, 4.69) is 4.72 Å². The first-order valence-electron chi connectivity index (χ1n) is 9.80. The first kappa shape index (κ1) is 20.8. The zero-order chi connectivity index (χ0) is 21.4. The molecule has 1 saturated carbocycles. The fraction of sp³-hybridized carbons (Fsp3) is 0.261. The van der Waals surface area contributed by atoms with Gasteiger partial charge in [-0.1, -0.05) is 35.9 Å². The standard InChI is InChI=1S/C23H23ClN2O3S/c1-14-21(16-7-11-19(12-8-16)25-30(28)29)23(20(27)13-15-3-4-15)26(2)22(14)17-5-9-18(24)10-6-17/h5-12,15,25H,3-4,13H2,1-2H3,(H,28,29)/p-1. The third kappa shape index (κ3) is 4.21. The lowest BCUT2D eigenvalue weighted by atomic mass is 9.96. The summed E-state index contributed by atoms with van der Waals surface area (Å²) in [6, 6.07) is 14.7. The highest BCUT2D eigenvalue weighted by Gasteiger charge is 2.30. The molecule has 4 rings (SSSR count). The highest BCUT2D eigenvalue weighted by atomic mass is 35.5. The van der Waals surface area contributed by atoms with Gasteiger partial charge in [0.25, 0.3) is 0 Å². The van der Waals surface area contributed by atoms with Crippen molar-refractivity contribution < 1.29 is 13.6 Å². The number of rotatable bonds is 7. The van der Waals surface area contributed by atoms with Crippen molar-refractivity contribution in [2.45, 2.75) is 26.2 Å². The van der Waals surface area contributed by atoms with Crippen LogP contribution in [0.3, 0.4) is 0 Å². The quantitative estimate of drug-likeness (QED) is 0.388. The summed E-state index contributed by atoms with van der Waals surface area (Å²) >= 11 is 3.69. The maximum atomic E-state index is 13.2. The number of Topliss-reactive ketones (excluding diaryl/α,β-unsaturated/α-hetero) is 1. The molecule has 1 fully saturated rings. The molecule has 3 aromatic rings. The lowest BCUT2D eigenvalue weighted by molar-refractivity contribution is 0.0969. The Hall–Kier alpha value is -2.41. The maximum absolute atomic E-state index is 13.2. The van der Waals surface area contributed by atoms with E-state index in [0.29, 0.717) is 28.7 Å². The van der Waals surface area contributed by atoms with Gasteiger partial charge in [0, 0.05) is 41.0 Å². The molecule has 30 heavy (non-hydrogen) atoms. The smallest absolute Gasteiger partial charge is 0.180 e. The van der Waals surface area contributed by atoms with E-state index < -0.39 is 11.3 Å². The molecule has 0 aliphatic heterocycles. The Bertz CT molecular complexity index is 1120. The minimum atomic E-state index is -2.38. The van der Waals surface area contributed by atoms with Gasteiger partial charge in [0.15, 0.2) is 5.78 Å². The largest absolute Gasteiger partial charge is 0.755 e. The van der Waals surface area contributed by atoms with Crippen molar-refractivity contribution in [2.75, 3.05) is 4.72 Å². The zero-order valence-electron chi connectivity index (χ0n) is 16.8. The minimum Gasteiger partial charge on any atom is -0.755 e. The van der Waals surface area contributed by atoms with Gasteiger partial charge in [0.05, 0.1) is 11.4 Å². The van der Waals surface area contributed by atoms with E-state index in [1.165, 1.54) is 0 Å². The average Bonchev–Trinajstić information content (AvgIpc) is 3.47. The molecule has 1 heterocycles. The molecule has 156 valence electrons. The van der Waals surface area contributed by atoms with Crippen LogP contribution in [-0.2, 0) is 18.3 Å². The van der Waals surface area contributed by atoms with E-state index in [0.717, 1.165) is 40.8 Å². The number of anilines is 1. The number of halogens is 1. The summed E-state index contributed by atoms with van der Waals surface area (Å²) in [6.45, 7) is 2.02. The van der Waals surface area contributed by atoms with Crippen LogP contribution in [0.5, 0.6) is 0 Å². The van der Waals surface area contributed by atoms with Gasteiger partial charge in [0.2, 0.25) is 0 Å². The molecule has 0 bridgehead atoms.